The number of ether oxygens (including phenoxy) is 1. The van der Waals surface area contributed by atoms with Gasteiger partial charge < -0.3 is 15.6 Å². The summed E-state index contributed by atoms with van der Waals surface area (Å²) in [6, 6.07) is 8.86. The topological polar surface area (TPSA) is 85.4 Å². The van der Waals surface area contributed by atoms with Gasteiger partial charge in [-0.3, -0.25) is 4.98 Å². The number of carboxylic acid groups (broad SMARTS) is 1. The largest absolute Gasteiger partial charge is 0.497 e. The number of hydrogen-bond acceptors (Lipinski definition) is 4. The van der Waals surface area contributed by atoms with Gasteiger partial charge in [0.2, 0.25) is 0 Å². The van der Waals surface area contributed by atoms with Crippen LogP contribution in [0.5, 0.6) is 5.75 Å². The third-order valence-electron chi connectivity index (χ3n) is 3.15. The summed E-state index contributed by atoms with van der Waals surface area (Å²) in [5, 5.41) is 9.27. The van der Waals surface area contributed by atoms with Gasteiger partial charge in [-0.1, -0.05) is 0 Å². The predicted molar refractivity (Wildman–Crippen MR) is 75.8 cm³/mol. The lowest BCUT2D eigenvalue weighted by molar-refractivity contribution is 0.0695. The summed E-state index contributed by atoms with van der Waals surface area (Å²) >= 11 is 0. The van der Waals surface area contributed by atoms with Gasteiger partial charge in [-0.15, -0.1) is 0 Å². The first-order valence-corrected chi connectivity index (χ1v) is 6.15. The Morgan fingerprint density at radius 2 is 2.00 bits per heavy atom. The number of pyridine rings is 1. The summed E-state index contributed by atoms with van der Waals surface area (Å²) in [5.41, 5.74) is 8.44. The Morgan fingerprint density at radius 3 is 2.50 bits per heavy atom. The molecular weight excluding hydrogens is 256 g/mol. The Labute approximate surface area is 117 Å². The molecule has 0 spiro atoms. The smallest absolute Gasteiger partial charge is 0.336 e. The van der Waals surface area contributed by atoms with Crippen molar-refractivity contribution >= 4 is 5.97 Å². The standard InChI is InChI=1S/C15H16N2O3/c1-9-13(8-16)12(15(18)19)7-14(17-9)10-3-5-11(20-2)6-4-10/h3-7H,8,16H2,1-2H3,(H,18,19). The summed E-state index contributed by atoms with van der Waals surface area (Å²) < 4.78 is 5.10. The van der Waals surface area contributed by atoms with E-state index in [2.05, 4.69) is 4.98 Å². The van der Waals surface area contributed by atoms with Gasteiger partial charge >= 0.3 is 5.97 Å². The van der Waals surface area contributed by atoms with Gasteiger partial charge in [-0.2, -0.15) is 0 Å². The molecule has 0 aliphatic heterocycles. The molecule has 2 aromatic rings. The number of carbonyl (C=O) groups is 1. The minimum absolute atomic E-state index is 0.156. The molecule has 104 valence electrons. The molecular formula is C15H16N2O3. The maximum atomic E-state index is 11.3. The highest BCUT2D eigenvalue weighted by Crippen LogP contribution is 2.24. The van der Waals surface area contributed by atoms with Gasteiger partial charge in [0, 0.05) is 23.4 Å². The molecule has 0 unspecified atom stereocenters. The molecule has 0 aliphatic rings. The van der Waals surface area contributed by atoms with Gasteiger partial charge in [-0.05, 0) is 37.3 Å². The first kappa shape index (κ1) is 14.0. The van der Waals surface area contributed by atoms with E-state index in [0.717, 1.165) is 11.3 Å². The van der Waals surface area contributed by atoms with Crippen LogP contribution >= 0.6 is 0 Å². The van der Waals surface area contributed by atoms with E-state index in [-0.39, 0.29) is 12.1 Å². The zero-order chi connectivity index (χ0) is 14.7. The summed E-state index contributed by atoms with van der Waals surface area (Å²) in [4.78, 5) is 15.7. The number of rotatable bonds is 4. The van der Waals surface area contributed by atoms with Crippen molar-refractivity contribution in [1.29, 1.82) is 0 Å². The first-order valence-electron chi connectivity index (χ1n) is 6.15. The summed E-state index contributed by atoms with van der Waals surface area (Å²) in [6.07, 6.45) is 0. The van der Waals surface area contributed by atoms with Crippen LogP contribution in [0.25, 0.3) is 11.3 Å². The second-order valence-electron chi connectivity index (χ2n) is 4.36. The first-order chi connectivity index (χ1) is 9.56. The normalized spacial score (nSPS) is 10.3. The molecule has 0 fully saturated rings. The summed E-state index contributed by atoms with van der Waals surface area (Å²) in [7, 11) is 1.59. The number of nitrogens with zero attached hydrogens (tertiary/aromatic N) is 1. The van der Waals surface area contributed by atoms with Crippen LogP contribution in [-0.2, 0) is 6.54 Å². The van der Waals surface area contributed by atoms with Crippen LogP contribution in [0.4, 0.5) is 0 Å². The van der Waals surface area contributed by atoms with Crippen molar-refractivity contribution in [2.75, 3.05) is 7.11 Å². The Bertz CT molecular complexity index is 636. The van der Waals surface area contributed by atoms with Crippen LogP contribution in [0.2, 0.25) is 0 Å². The molecule has 0 amide bonds. The predicted octanol–water partition coefficient (Wildman–Crippen LogP) is 2.22. The van der Waals surface area contributed by atoms with E-state index >= 15 is 0 Å². The maximum absolute atomic E-state index is 11.3. The molecule has 0 aliphatic carbocycles. The number of aryl methyl sites for hydroxylation is 1. The number of carboxylic acids is 1. The number of hydrogen-bond donors (Lipinski definition) is 2. The summed E-state index contributed by atoms with van der Waals surface area (Å²) in [5.74, 6) is -0.256. The number of aromatic nitrogens is 1. The van der Waals surface area contributed by atoms with Crippen LogP contribution in [0.3, 0.4) is 0 Å². The van der Waals surface area contributed by atoms with Crippen LogP contribution in [0, 0.1) is 6.92 Å². The number of benzene rings is 1. The highest BCUT2D eigenvalue weighted by atomic mass is 16.5. The summed E-state index contributed by atoms with van der Waals surface area (Å²) in [6.45, 7) is 1.92. The van der Waals surface area contributed by atoms with Gasteiger partial charge in [-0.25, -0.2) is 4.79 Å². The van der Waals surface area contributed by atoms with Gasteiger partial charge in [0.1, 0.15) is 5.75 Å². The highest BCUT2D eigenvalue weighted by Gasteiger charge is 2.15. The van der Waals surface area contributed by atoms with E-state index in [4.69, 9.17) is 10.5 Å². The van der Waals surface area contributed by atoms with Crippen molar-refractivity contribution < 1.29 is 14.6 Å². The molecule has 1 aromatic heterocycles. The monoisotopic (exact) mass is 272 g/mol. The molecule has 0 saturated heterocycles. The fourth-order valence-electron chi connectivity index (χ4n) is 2.06. The molecule has 1 aromatic carbocycles. The molecule has 0 radical (unpaired) electrons. The lowest BCUT2D eigenvalue weighted by atomic mass is 10.0. The molecule has 0 saturated carbocycles. The number of nitrogens with two attached hydrogens (primary N) is 1. The van der Waals surface area contributed by atoms with E-state index in [0.29, 0.717) is 17.0 Å². The van der Waals surface area contributed by atoms with Crippen molar-refractivity contribution in [2.45, 2.75) is 13.5 Å². The molecule has 1 heterocycles. The Kier molecular flexibility index (Phi) is 4.00. The molecule has 20 heavy (non-hydrogen) atoms. The van der Waals surface area contributed by atoms with E-state index in [1.807, 2.05) is 24.3 Å². The lowest BCUT2D eigenvalue weighted by Gasteiger charge is -2.10. The van der Waals surface area contributed by atoms with E-state index in [9.17, 15) is 9.90 Å². The van der Waals surface area contributed by atoms with Crippen molar-refractivity contribution in [3.63, 3.8) is 0 Å². The second kappa shape index (κ2) is 5.71. The van der Waals surface area contributed by atoms with E-state index in [1.165, 1.54) is 0 Å². The fourth-order valence-corrected chi connectivity index (χ4v) is 2.06. The lowest BCUT2D eigenvalue weighted by Crippen LogP contribution is -2.11. The molecule has 0 bridgehead atoms. The molecule has 0 atom stereocenters. The molecule has 5 heteroatoms. The minimum Gasteiger partial charge on any atom is -0.497 e. The van der Waals surface area contributed by atoms with E-state index in [1.54, 1.807) is 20.1 Å². The molecule has 3 N–H and O–H groups in total. The van der Waals surface area contributed by atoms with Crippen molar-refractivity contribution in [1.82, 2.24) is 4.98 Å². The average Bonchev–Trinajstić information content (AvgIpc) is 2.46. The number of methoxy groups -OCH3 is 1. The van der Waals surface area contributed by atoms with Gasteiger partial charge in [0.25, 0.3) is 0 Å². The van der Waals surface area contributed by atoms with Crippen molar-refractivity contribution in [3.8, 4) is 17.0 Å². The highest BCUT2D eigenvalue weighted by molar-refractivity contribution is 5.91. The Morgan fingerprint density at radius 1 is 1.35 bits per heavy atom. The number of aromatic carboxylic acids is 1. The van der Waals surface area contributed by atoms with Crippen molar-refractivity contribution in [3.05, 3.63) is 47.2 Å². The zero-order valence-electron chi connectivity index (χ0n) is 11.4. The molecule has 5 nitrogen and oxygen atoms in total. The van der Waals surface area contributed by atoms with Crippen LogP contribution < -0.4 is 10.5 Å². The third-order valence-corrected chi connectivity index (χ3v) is 3.15. The third kappa shape index (κ3) is 2.62. The van der Waals surface area contributed by atoms with Crippen LogP contribution in [0.15, 0.2) is 30.3 Å². The Balaban J connectivity index is 2.54. The van der Waals surface area contributed by atoms with Crippen LogP contribution in [-0.4, -0.2) is 23.2 Å². The quantitative estimate of drug-likeness (QED) is 0.891. The van der Waals surface area contributed by atoms with Crippen LogP contribution in [0.1, 0.15) is 21.6 Å². The van der Waals surface area contributed by atoms with Gasteiger partial charge in [0.15, 0.2) is 0 Å². The van der Waals surface area contributed by atoms with Crippen molar-refractivity contribution in [2.24, 2.45) is 5.73 Å². The zero-order valence-corrected chi connectivity index (χ0v) is 11.4. The van der Waals surface area contributed by atoms with Gasteiger partial charge in [0.05, 0.1) is 18.4 Å². The maximum Gasteiger partial charge on any atom is 0.336 e. The minimum atomic E-state index is -0.995. The SMILES string of the molecule is COc1ccc(-c2cc(C(=O)O)c(CN)c(C)n2)cc1. The van der Waals surface area contributed by atoms with E-state index < -0.39 is 5.97 Å². The average molecular weight is 272 g/mol. The second-order valence-corrected chi connectivity index (χ2v) is 4.36. The fraction of sp³-hybridized carbons (Fsp3) is 0.200. The Hall–Kier alpha value is -2.40. The molecule has 2 rings (SSSR count).